The minimum absolute atomic E-state index is 0.515. The minimum atomic E-state index is -0.688. The van der Waals surface area contributed by atoms with Crippen molar-refractivity contribution < 1.29 is 4.74 Å². The van der Waals surface area contributed by atoms with Crippen molar-refractivity contribution in [1.29, 1.82) is 0 Å². The number of hydrogen-bond acceptors (Lipinski definition) is 3. The molecule has 0 aromatic heterocycles. The zero-order valence-corrected chi connectivity index (χ0v) is 15.6. The Kier molecular flexibility index (Phi) is 4.00. The SMILES string of the molecule is Clc1ccc(C2(OCc3ccccc3)c3ccccc3C3=NCCN32)cc1. The number of hydrogen-bond donors (Lipinski definition) is 0. The fourth-order valence-corrected chi connectivity index (χ4v) is 4.22. The van der Waals surface area contributed by atoms with Crippen LogP contribution in [0.15, 0.2) is 83.9 Å². The molecule has 0 radical (unpaired) electrons. The first-order valence-electron chi connectivity index (χ1n) is 9.15. The molecule has 2 aliphatic heterocycles. The van der Waals surface area contributed by atoms with Crippen LogP contribution in [0, 0.1) is 0 Å². The van der Waals surface area contributed by atoms with Crippen LogP contribution < -0.4 is 0 Å². The van der Waals surface area contributed by atoms with Crippen molar-refractivity contribution in [3.05, 3.63) is 106 Å². The van der Waals surface area contributed by atoms with Crippen molar-refractivity contribution in [1.82, 2.24) is 4.90 Å². The van der Waals surface area contributed by atoms with Crippen LogP contribution in [0.5, 0.6) is 0 Å². The lowest BCUT2D eigenvalue weighted by atomic mass is 9.93. The number of fused-ring (bicyclic) bond motifs is 3. The first-order valence-corrected chi connectivity index (χ1v) is 9.53. The van der Waals surface area contributed by atoms with E-state index in [9.17, 15) is 0 Å². The van der Waals surface area contributed by atoms with Gasteiger partial charge in [0.15, 0.2) is 5.72 Å². The molecule has 1 atom stereocenters. The van der Waals surface area contributed by atoms with Gasteiger partial charge in [-0.25, -0.2) is 0 Å². The molecule has 0 amide bonds. The average Bonchev–Trinajstić information content (AvgIpc) is 3.29. The molecule has 2 heterocycles. The summed E-state index contributed by atoms with van der Waals surface area (Å²) < 4.78 is 6.74. The molecule has 0 saturated carbocycles. The first-order chi connectivity index (χ1) is 13.3. The predicted molar refractivity (Wildman–Crippen MR) is 108 cm³/mol. The Morgan fingerprint density at radius 1 is 0.926 bits per heavy atom. The fourth-order valence-electron chi connectivity index (χ4n) is 4.09. The van der Waals surface area contributed by atoms with Crippen LogP contribution in [0.2, 0.25) is 5.02 Å². The third kappa shape index (κ3) is 2.58. The number of amidine groups is 1. The van der Waals surface area contributed by atoms with E-state index in [0.29, 0.717) is 6.61 Å². The fraction of sp³-hybridized carbons (Fsp3) is 0.174. The van der Waals surface area contributed by atoms with Crippen molar-refractivity contribution in [2.24, 2.45) is 4.99 Å². The van der Waals surface area contributed by atoms with Gasteiger partial charge in [-0.05, 0) is 17.7 Å². The van der Waals surface area contributed by atoms with E-state index < -0.39 is 5.72 Å². The van der Waals surface area contributed by atoms with Gasteiger partial charge >= 0.3 is 0 Å². The monoisotopic (exact) mass is 374 g/mol. The van der Waals surface area contributed by atoms with E-state index in [1.54, 1.807) is 0 Å². The number of halogens is 1. The van der Waals surface area contributed by atoms with Gasteiger partial charge in [0.1, 0.15) is 5.84 Å². The van der Waals surface area contributed by atoms with Gasteiger partial charge in [0, 0.05) is 28.3 Å². The highest BCUT2D eigenvalue weighted by Crippen LogP contribution is 2.47. The van der Waals surface area contributed by atoms with Crippen LogP contribution in [0.1, 0.15) is 22.3 Å². The molecule has 1 unspecified atom stereocenters. The van der Waals surface area contributed by atoms with Gasteiger partial charge in [-0.3, -0.25) is 4.99 Å². The Balaban J connectivity index is 1.67. The highest BCUT2D eigenvalue weighted by atomic mass is 35.5. The maximum atomic E-state index is 6.74. The third-order valence-electron chi connectivity index (χ3n) is 5.28. The van der Waals surface area contributed by atoms with E-state index in [2.05, 4.69) is 53.4 Å². The van der Waals surface area contributed by atoms with Gasteiger partial charge in [-0.15, -0.1) is 0 Å². The zero-order chi connectivity index (χ0) is 18.3. The predicted octanol–water partition coefficient (Wildman–Crippen LogP) is 4.83. The summed E-state index contributed by atoms with van der Waals surface area (Å²) in [6, 6.07) is 26.7. The molecule has 134 valence electrons. The van der Waals surface area contributed by atoms with E-state index >= 15 is 0 Å². The molecule has 2 aliphatic rings. The van der Waals surface area contributed by atoms with Crippen molar-refractivity contribution in [2.75, 3.05) is 13.1 Å². The van der Waals surface area contributed by atoms with Crippen molar-refractivity contribution >= 4 is 17.4 Å². The molecule has 5 rings (SSSR count). The Hall–Kier alpha value is -2.62. The van der Waals surface area contributed by atoms with Crippen molar-refractivity contribution in [2.45, 2.75) is 12.3 Å². The standard InChI is InChI=1S/C23H19ClN2O/c24-19-12-10-18(11-13-19)23(27-16-17-6-2-1-3-7-17)21-9-5-4-8-20(21)22-25-14-15-26(22)23/h1-13H,14-16H2. The average molecular weight is 375 g/mol. The van der Waals surface area contributed by atoms with Crippen molar-refractivity contribution in [3.8, 4) is 0 Å². The largest absolute Gasteiger partial charge is 0.342 e. The van der Waals surface area contributed by atoms with E-state index in [0.717, 1.165) is 46.2 Å². The van der Waals surface area contributed by atoms with Crippen LogP contribution in [-0.2, 0) is 17.1 Å². The van der Waals surface area contributed by atoms with Gasteiger partial charge in [-0.1, -0.05) is 78.3 Å². The van der Waals surface area contributed by atoms with Crippen LogP contribution >= 0.6 is 11.6 Å². The third-order valence-corrected chi connectivity index (χ3v) is 5.53. The number of nitrogens with zero attached hydrogens (tertiary/aromatic N) is 2. The molecule has 27 heavy (non-hydrogen) atoms. The van der Waals surface area contributed by atoms with Gasteiger partial charge < -0.3 is 9.64 Å². The topological polar surface area (TPSA) is 24.8 Å². The molecular formula is C23H19ClN2O. The van der Waals surface area contributed by atoms with E-state index in [4.69, 9.17) is 21.3 Å². The van der Waals surface area contributed by atoms with Crippen LogP contribution in [-0.4, -0.2) is 23.8 Å². The van der Waals surface area contributed by atoms with Crippen LogP contribution in [0.25, 0.3) is 0 Å². The number of benzene rings is 3. The first kappa shape index (κ1) is 16.5. The summed E-state index contributed by atoms with van der Waals surface area (Å²) in [6.45, 7) is 2.14. The second-order valence-corrected chi connectivity index (χ2v) is 7.26. The highest BCUT2D eigenvalue weighted by Gasteiger charge is 2.52. The van der Waals surface area contributed by atoms with E-state index in [1.165, 1.54) is 0 Å². The molecule has 3 aromatic rings. The zero-order valence-electron chi connectivity index (χ0n) is 14.8. The Morgan fingerprint density at radius 2 is 1.67 bits per heavy atom. The number of ether oxygens (including phenoxy) is 1. The Morgan fingerprint density at radius 3 is 2.48 bits per heavy atom. The summed E-state index contributed by atoms with van der Waals surface area (Å²) in [5.74, 6) is 1.02. The van der Waals surface area contributed by atoms with Crippen LogP contribution in [0.3, 0.4) is 0 Å². The summed E-state index contributed by atoms with van der Waals surface area (Å²) in [5.41, 5.74) is 3.82. The number of aliphatic imine (C=N–C) groups is 1. The molecule has 0 bridgehead atoms. The minimum Gasteiger partial charge on any atom is -0.342 e. The molecule has 0 aliphatic carbocycles. The summed E-state index contributed by atoms with van der Waals surface area (Å²) in [5, 5.41) is 0.721. The smallest absolute Gasteiger partial charge is 0.196 e. The maximum Gasteiger partial charge on any atom is 0.196 e. The molecule has 0 fully saturated rings. The second-order valence-electron chi connectivity index (χ2n) is 6.83. The normalized spacial score (nSPS) is 20.3. The van der Waals surface area contributed by atoms with Crippen LogP contribution in [0.4, 0.5) is 0 Å². The lowest BCUT2D eigenvalue weighted by molar-refractivity contribution is -0.104. The lowest BCUT2D eigenvalue weighted by Gasteiger charge is -2.39. The summed E-state index contributed by atoms with van der Waals surface area (Å²) in [4.78, 5) is 7.06. The molecule has 0 N–H and O–H groups in total. The van der Waals surface area contributed by atoms with E-state index in [-0.39, 0.29) is 0 Å². The maximum absolute atomic E-state index is 6.74. The van der Waals surface area contributed by atoms with E-state index in [1.807, 2.05) is 30.3 Å². The van der Waals surface area contributed by atoms with Gasteiger partial charge in [0.25, 0.3) is 0 Å². The molecule has 0 saturated heterocycles. The molecule has 3 nitrogen and oxygen atoms in total. The molecule has 0 spiro atoms. The summed E-state index contributed by atoms with van der Waals surface area (Å²) >= 11 is 6.17. The van der Waals surface area contributed by atoms with Gasteiger partial charge in [-0.2, -0.15) is 0 Å². The molecule has 3 aromatic carbocycles. The summed E-state index contributed by atoms with van der Waals surface area (Å²) in [7, 11) is 0. The molecular weight excluding hydrogens is 356 g/mol. The quantitative estimate of drug-likeness (QED) is 0.653. The Labute approximate surface area is 163 Å². The number of rotatable bonds is 4. The lowest BCUT2D eigenvalue weighted by Crippen LogP contribution is -2.46. The second kappa shape index (κ2) is 6.52. The van der Waals surface area contributed by atoms with Gasteiger partial charge in [0.2, 0.25) is 0 Å². The summed E-state index contributed by atoms with van der Waals surface area (Å²) in [6.07, 6.45) is 0. The Bertz CT molecular complexity index is 1000. The van der Waals surface area contributed by atoms with Crippen molar-refractivity contribution in [3.63, 3.8) is 0 Å². The van der Waals surface area contributed by atoms with Gasteiger partial charge in [0.05, 0.1) is 13.2 Å². The highest BCUT2D eigenvalue weighted by molar-refractivity contribution is 6.30. The molecule has 4 heteroatoms.